The maximum atomic E-state index is 10.8. The van der Waals surface area contributed by atoms with E-state index < -0.39 is 0 Å². The molecule has 1 aliphatic carbocycles. The van der Waals surface area contributed by atoms with Gasteiger partial charge in [0.25, 0.3) is 0 Å². The third kappa shape index (κ3) is 3.51. The summed E-state index contributed by atoms with van der Waals surface area (Å²) in [6.45, 7) is 0.479. The number of nitrogens with one attached hydrogen (secondary N) is 2. The average Bonchev–Trinajstić information content (AvgIpc) is 3.25. The number of H-pyrrole nitrogens is 1. The van der Waals surface area contributed by atoms with E-state index in [1.165, 1.54) is 12.8 Å². The van der Waals surface area contributed by atoms with E-state index in [1.807, 2.05) is 13.1 Å². The predicted octanol–water partition coefficient (Wildman–Crippen LogP) is 1.13. The minimum atomic E-state index is -0.342. The largest absolute Gasteiger partial charge is 0.370 e. The first kappa shape index (κ1) is 14.3. The Morgan fingerprint density at radius 2 is 2.32 bits per heavy atom. The number of anilines is 3. The summed E-state index contributed by atoms with van der Waals surface area (Å²) in [5.41, 5.74) is 6.31. The molecule has 8 heteroatoms. The van der Waals surface area contributed by atoms with Crippen molar-refractivity contribution in [2.45, 2.75) is 25.2 Å². The minimum Gasteiger partial charge on any atom is -0.370 e. The Balaban J connectivity index is 1.65. The predicted molar refractivity (Wildman–Crippen MR) is 83.0 cm³/mol. The zero-order valence-corrected chi connectivity index (χ0v) is 12.4. The van der Waals surface area contributed by atoms with Gasteiger partial charge in [-0.1, -0.05) is 0 Å². The summed E-state index contributed by atoms with van der Waals surface area (Å²) in [7, 11) is 1.82. The fourth-order valence-corrected chi connectivity index (χ4v) is 2.12. The number of nitrogens with zero attached hydrogens (tertiary/aromatic N) is 4. The Morgan fingerprint density at radius 3 is 3.05 bits per heavy atom. The summed E-state index contributed by atoms with van der Waals surface area (Å²) in [6, 6.07) is 3.78. The molecule has 2 aromatic heterocycles. The highest BCUT2D eigenvalue weighted by Gasteiger charge is 2.25. The fraction of sp³-hybridized carbons (Fsp3) is 0.429. The van der Waals surface area contributed by atoms with E-state index in [2.05, 4.69) is 25.5 Å². The molecule has 0 saturated heterocycles. The highest BCUT2D eigenvalue weighted by atomic mass is 16.1. The number of primary amides is 1. The van der Waals surface area contributed by atoms with E-state index in [-0.39, 0.29) is 12.3 Å². The topological polar surface area (TPSA) is 113 Å². The van der Waals surface area contributed by atoms with Crippen LogP contribution < -0.4 is 16.0 Å². The van der Waals surface area contributed by atoms with Crippen LogP contribution in [-0.4, -0.2) is 39.7 Å². The van der Waals surface area contributed by atoms with E-state index >= 15 is 0 Å². The zero-order chi connectivity index (χ0) is 15.5. The average molecular weight is 301 g/mol. The monoisotopic (exact) mass is 301 g/mol. The van der Waals surface area contributed by atoms with Crippen molar-refractivity contribution in [1.82, 2.24) is 20.2 Å². The molecule has 1 fully saturated rings. The third-order valence-electron chi connectivity index (χ3n) is 3.55. The number of nitrogens with two attached hydrogens (primary N) is 1. The summed E-state index contributed by atoms with van der Waals surface area (Å²) in [5.74, 6) is 2.22. The van der Waals surface area contributed by atoms with E-state index in [9.17, 15) is 4.79 Å². The minimum absolute atomic E-state index is 0.266. The van der Waals surface area contributed by atoms with Crippen molar-refractivity contribution in [1.29, 1.82) is 0 Å². The molecule has 1 amide bonds. The molecular weight excluding hydrogens is 282 g/mol. The van der Waals surface area contributed by atoms with Crippen molar-refractivity contribution in [2.24, 2.45) is 5.73 Å². The first-order chi connectivity index (χ1) is 10.6. The number of carbonyl (C=O) groups excluding carboxylic acids is 1. The van der Waals surface area contributed by atoms with Gasteiger partial charge in [0.2, 0.25) is 11.9 Å². The highest BCUT2D eigenvalue weighted by Crippen LogP contribution is 2.39. The Bertz CT molecular complexity index is 665. The summed E-state index contributed by atoms with van der Waals surface area (Å²) in [5, 5.41) is 10.4. The van der Waals surface area contributed by atoms with Gasteiger partial charge in [0, 0.05) is 43.9 Å². The van der Waals surface area contributed by atoms with Crippen molar-refractivity contribution in [3.8, 4) is 0 Å². The number of aromatic amines is 1. The van der Waals surface area contributed by atoms with E-state index in [4.69, 9.17) is 5.73 Å². The number of aromatic nitrogens is 4. The number of hydrogen-bond donors (Lipinski definition) is 3. The third-order valence-corrected chi connectivity index (χ3v) is 3.55. The van der Waals surface area contributed by atoms with Crippen LogP contribution in [0.3, 0.4) is 0 Å². The van der Waals surface area contributed by atoms with Gasteiger partial charge in [-0.15, -0.1) is 0 Å². The molecular formula is C14H19N7O. The lowest BCUT2D eigenvalue weighted by atomic mass is 10.3. The summed E-state index contributed by atoms with van der Waals surface area (Å²) >= 11 is 0. The fourth-order valence-electron chi connectivity index (χ4n) is 2.12. The molecule has 0 unspecified atom stereocenters. The molecule has 3 rings (SSSR count). The van der Waals surface area contributed by atoms with E-state index in [1.54, 1.807) is 17.2 Å². The van der Waals surface area contributed by atoms with Crippen LogP contribution in [0.15, 0.2) is 18.3 Å². The molecule has 2 aromatic rings. The summed E-state index contributed by atoms with van der Waals surface area (Å²) in [4.78, 5) is 21.2. The number of amides is 1. The van der Waals surface area contributed by atoms with Gasteiger partial charge in [0.1, 0.15) is 5.82 Å². The Hall–Kier alpha value is -2.64. The number of carbonyl (C=O) groups is 1. The molecule has 0 bridgehead atoms. The highest BCUT2D eigenvalue weighted by molar-refractivity contribution is 5.74. The van der Waals surface area contributed by atoms with Crippen LogP contribution in [0.2, 0.25) is 0 Å². The van der Waals surface area contributed by atoms with Crippen molar-refractivity contribution in [3.63, 3.8) is 0 Å². The molecule has 0 aliphatic heterocycles. The second-order valence-corrected chi connectivity index (χ2v) is 5.49. The van der Waals surface area contributed by atoms with Gasteiger partial charge in [0.05, 0.1) is 0 Å². The molecule has 2 heterocycles. The molecule has 116 valence electrons. The molecule has 0 radical (unpaired) electrons. The van der Waals surface area contributed by atoms with Gasteiger partial charge < -0.3 is 16.0 Å². The SMILES string of the molecule is CN(CCC(N)=O)c1nccc(Nc2cc(C3CC3)[nH]n2)n1. The van der Waals surface area contributed by atoms with Crippen LogP contribution >= 0.6 is 0 Å². The smallest absolute Gasteiger partial charge is 0.227 e. The van der Waals surface area contributed by atoms with Gasteiger partial charge in [-0.3, -0.25) is 9.89 Å². The van der Waals surface area contributed by atoms with Crippen molar-refractivity contribution in [2.75, 3.05) is 23.8 Å². The Kier molecular flexibility index (Phi) is 3.90. The van der Waals surface area contributed by atoms with Crippen LogP contribution in [0, 0.1) is 0 Å². The van der Waals surface area contributed by atoms with Gasteiger partial charge in [-0.05, 0) is 18.9 Å². The zero-order valence-electron chi connectivity index (χ0n) is 12.4. The maximum Gasteiger partial charge on any atom is 0.227 e. The molecule has 8 nitrogen and oxygen atoms in total. The van der Waals surface area contributed by atoms with Crippen LogP contribution in [0.5, 0.6) is 0 Å². The molecule has 0 atom stereocenters. The molecule has 1 saturated carbocycles. The van der Waals surface area contributed by atoms with Crippen molar-refractivity contribution in [3.05, 3.63) is 24.0 Å². The van der Waals surface area contributed by atoms with Crippen LogP contribution in [0.4, 0.5) is 17.6 Å². The molecule has 0 aromatic carbocycles. The second-order valence-electron chi connectivity index (χ2n) is 5.49. The quantitative estimate of drug-likeness (QED) is 0.706. The number of hydrogen-bond acceptors (Lipinski definition) is 6. The first-order valence-corrected chi connectivity index (χ1v) is 7.26. The summed E-state index contributed by atoms with van der Waals surface area (Å²) < 4.78 is 0. The van der Waals surface area contributed by atoms with Gasteiger partial charge in [0.15, 0.2) is 5.82 Å². The molecule has 4 N–H and O–H groups in total. The lowest BCUT2D eigenvalue weighted by molar-refractivity contribution is -0.117. The van der Waals surface area contributed by atoms with Crippen molar-refractivity contribution >= 4 is 23.5 Å². The Labute approximate surface area is 128 Å². The van der Waals surface area contributed by atoms with Gasteiger partial charge in [-0.25, -0.2) is 4.98 Å². The summed E-state index contributed by atoms with van der Waals surface area (Å²) in [6.07, 6.45) is 4.38. The van der Waals surface area contributed by atoms with Crippen LogP contribution in [0.25, 0.3) is 0 Å². The molecule has 22 heavy (non-hydrogen) atoms. The lowest BCUT2D eigenvalue weighted by Crippen LogP contribution is -2.25. The number of rotatable bonds is 7. The normalized spacial score (nSPS) is 13.9. The maximum absolute atomic E-state index is 10.8. The van der Waals surface area contributed by atoms with E-state index in [0.29, 0.717) is 24.2 Å². The standard InChI is InChI=1S/C14H19N7O/c1-21(7-5-11(15)22)14-16-6-4-12(18-14)17-13-8-10(19-20-13)9-2-3-9/h4,6,8-9H,2-3,5,7H2,1H3,(H2,15,22)(H2,16,17,18,19,20). The van der Waals surface area contributed by atoms with Gasteiger partial charge >= 0.3 is 0 Å². The molecule has 1 aliphatic rings. The van der Waals surface area contributed by atoms with Crippen molar-refractivity contribution < 1.29 is 4.79 Å². The van der Waals surface area contributed by atoms with Crippen LogP contribution in [0.1, 0.15) is 30.9 Å². The second kappa shape index (κ2) is 6.00. The van der Waals surface area contributed by atoms with E-state index in [0.717, 1.165) is 11.5 Å². The molecule has 0 spiro atoms. The lowest BCUT2D eigenvalue weighted by Gasteiger charge is -2.16. The first-order valence-electron chi connectivity index (χ1n) is 7.26. The van der Waals surface area contributed by atoms with Gasteiger partial charge in [-0.2, -0.15) is 10.1 Å². The van der Waals surface area contributed by atoms with Crippen LogP contribution in [-0.2, 0) is 4.79 Å². The Morgan fingerprint density at radius 1 is 1.50 bits per heavy atom.